The third kappa shape index (κ3) is 2.51. The molecule has 82 valence electrons. The van der Waals surface area contributed by atoms with Crippen LogP contribution in [0.25, 0.3) is 0 Å². The molecule has 0 aromatic heterocycles. The second-order valence-corrected chi connectivity index (χ2v) is 4.42. The van der Waals surface area contributed by atoms with Crippen LogP contribution in [0, 0.1) is 5.92 Å². The van der Waals surface area contributed by atoms with Crippen molar-refractivity contribution < 1.29 is 4.74 Å². The first-order valence-electron chi connectivity index (χ1n) is 5.38. The monoisotopic (exact) mass is 225 g/mol. The fourth-order valence-electron chi connectivity index (χ4n) is 2.11. The molecular formula is C12H16ClNO. The molecule has 1 aromatic rings. The summed E-state index contributed by atoms with van der Waals surface area (Å²) in [4.78, 5) is 0. The number of ether oxygens (including phenoxy) is 1. The van der Waals surface area contributed by atoms with Crippen LogP contribution in [0.2, 0.25) is 5.02 Å². The third-order valence-electron chi connectivity index (χ3n) is 2.95. The molecule has 0 radical (unpaired) electrons. The predicted molar refractivity (Wildman–Crippen MR) is 61.9 cm³/mol. The number of hydrogen-bond acceptors (Lipinski definition) is 2. The van der Waals surface area contributed by atoms with Gasteiger partial charge in [-0.05, 0) is 37.1 Å². The zero-order valence-electron chi connectivity index (χ0n) is 8.66. The molecule has 1 aromatic carbocycles. The highest BCUT2D eigenvalue weighted by Gasteiger charge is 2.25. The Morgan fingerprint density at radius 2 is 2.07 bits per heavy atom. The number of rotatable bonds is 2. The van der Waals surface area contributed by atoms with Crippen LogP contribution in [-0.2, 0) is 4.74 Å². The van der Waals surface area contributed by atoms with Crippen LogP contribution in [0.5, 0.6) is 0 Å². The fourth-order valence-corrected chi connectivity index (χ4v) is 2.23. The maximum atomic E-state index is 5.86. The SMILES string of the molecule is NCC1CCCOC1c1ccc(Cl)cc1. The van der Waals surface area contributed by atoms with Crippen LogP contribution in [0.15, 0.2) is 24.3 Å². The second kappa shape index (κ2) is 4.97. The van der Waals surface area contributed by atoms with Gasteiger partial charge < -0.3 is 10.5 Å². The van der Waals surface area contributed by atoms with Gasteiger partial charge in [0.25, 0.3) is 0 Å². The third-order valence-corrected chi connectivity index (χ3v) is 3.20. The lowest BCUT2D eigenvalue weighted by atomic mass is 9.90. The van der Waals surface area contributed by atoms with Gasteiger partial charge in [0, 0.05) is 17.5 Å². The minimum absolute atomic E-state index is 0.154. The maximum Gasteiger partial charge on any atom is 0.0865 e. The first kappa shape index (κ1) is 10.9. The summed E-state index contributed by atoms with van der Waals surface area (Å²) in [6.45, 7) is 1.52. The Hall–Kier alpha value is -0.570. The highest BCUT2D eigenvalue weighted by molar-refractivity contribution is 6.30. The van der Waals surface area contributed by atoms with Gasteiger partial charge in [0.05, 0.1) is 6.10 Å². The van der Waals surface area contributed by atoms with Crippen molar-refractivity contribution in [3.8, 4) is 0 Å². The van der Waals surface area contributed by atoms with Crippen LogP contribution in [0.4, 0.5) is 0 Å². The zero-order valence-corrected chi connectivity index (χ0v) is 9.41. The summed E-state index contributed by atoms with van der Waals surface area (Å²) in [6, 6.07) is 7.87. The van der Waals surface area contributed by atoms with E-state index in [1.165, 1.54) is 5.56 Å². The van der Waals surface area contributed by atoms with Gasteiger partial charge in [-0.1, -0.05) is 23.7 Å². The topological polar surface area (TPSA) is 35.2 Å². The fraction of sp³-hybridized carbons (Fsp3) is 0.500. The largest absolute Gasteiger partial charge is 0.373 e. The van der Waals surface area contributed by atoms with E-state index in [1.54, 1.807) is 0 Å². The summed E-state index contributed by atoms with van der Waals surface area (Å²) in [5.74, 6) is 0.444. The van der Waals surface area contributed by atoms with E-state index in [-0.39, 0.29) is 6.10 Å². The van der Waals surface area contributed by atoms with E-state index in [2.05, 4.69) is 0 Å². The molecule has 0 amide bonds. The molecule has 0 bridgehead atoms. The van der Waals surface area contributed by atoms with Crippen LogP contribution >= 0.6 is 11.6 Å². The molecule has 1 saturated heterocycles. The van der Waals surface area contributed by atoms with Crippen molar-refractivity contribution in [2.75, 3.05) is 13.2 Å². The Labute approximate surface area is 95.4 Å². The van der Waals surface area contributed by atoms with Gasteiger partial charge in [-0.25, -0.2) is 0 Å². The van der Waals surface area contributed by atoms with Crippen LogP contribution < -0.4 is 5.73 Å². The van der Waals surface area contributed by atoms with Gasteiger partial charge in [-0.2, -0.15) is 0 Å². The van der Waals surface area contributed by atoms with Crippen LogP contribution in [0.1, 0.15) is 24.5 Å². The molecule has 2 rings (SSSR count). The molecule has 1 aliphatic rings. The smallest absolute Gasteiger partial charge is 0.0865 e. The molecule has 2 unspecified atom stereocenters. The van der Waals surface area contributed by atoms with E-state index in [0.717, 1.165) is 24.5 Å². The minimum atomic E-state index is 0.154. The summed E-state index contributed by atoms with van der Waals surface area (Å²) in [5.41, 5.74) is 6.94. The van der Waals surface area contributed by atoms with Gasteiger partial charge in [0.15, 0.2) is 0 Å². The average Bonchev–Trinajstić information content (AvgIpc) is 2.30. The molecule has 1 fully saturated rings. The van der Waals surface area contributed by atoms with Gasteiger partial charge in [0.1, 0.15) is 0 Å². The quantitative estimate of drug-likeness (QED) is 0.840. The number of benzene rings is 1. The second-order valence-electron chi connectivity index (χ2n) is 3.98. The summed E-state index contributed by atoms with van der Waals surface area (Å²) in [6.07, 6.45) is 2.43. The number of halogens is 1. The lowest BCUT2D eigenvalue weighted by Crippen LogP contribution is -2.28. The van der Waals surface area contributed by atoms with E-state index in [0.29, 0.717) is 12.5 Å². The normalized spacial score (nSPS) is 26.5. The van der Waals surface area contributed by atoms with Crippen molar-refractivity contribution in [3.05, 3.63) is 34.9 Å². The predicted octanol–water partition coefficient (Wildman–Crippen LogP) is 2.77. The number of nitrogens with two attached hydrogens (primary N) is 1. The van der Waals surface area contributed by atoms with E-state index in [9.17, 15) is 0 Å². The van der Waals surface area contributed by atoms with Crippen molar-refractivity contribution in [1.82, 2.24) is 0 Å². The Bertz CT molecular complexity index is 312. The molecule has 0 spiro atoms. The number of hydrogen-bond donors (Lipinski definition) is 1. The molecule has 3 heteroatoms. The highest BCUT2D eigenvalue weighted by atomic mass is 35.5. The van der Waals surface area contributed by atoms with E-state index >= 15 is 0 Å². The Balaban J connectivity index is 2.16. The molecule has 0 saturated carbocycles. The van der Waals surface area contributed by atoms with E-state index in [1.807, 2.05) is 24.3 Å². The van der Waals surface area contributed by atoms with Crippen molar-refractivity contribution >= 4 is 11.6 Å². The van der Waals surface area contributed by atoms with E-state index < -0.39 is 0 Å². The summed E-state index contributed by atoms with van der Waals surface area (Å²) in [5, 5.41) is 0.763. The van der Waals surface area contributed by atoms with Gasteiger partial charge >= 0.3 is 0 Å². The van der Waals surface area contributed by atoms with Gasteiger partial charge in [-0.3, -0.25) is 0 Å². The molecular weight excluding hydrogens is 210 g/mol. The molecule has 15 heavy (non-hydrogen) atoms. The Morgan fingerprint density at radius 1 is 1.33 bits per heavy atom. The van der Waals surface area contributed by atoms with Crippen molar-refractivity contribution in [3.63, 3.8) is 0 Å². The summed E-state index contributed by atoms with van der Waals surface area (Å²) >= 11 is 5.86. The van der Waals surface area contributed by atoms with Gasteiger partial charge in [0.2, 0.25) is 0 Å². The van der Waals surface area contributed by atoms with Crippen LogP contribution in [-0.4, -0.2) is 13.2 Å². The maximum absolute atomic E-state index is 5.86. The minimum Gasteiger partial charge on any atom is -0.373 e. The molecule has 2 atom stereocenters. The Kier molecular flexibility index (Phi) is 3.62. The first-order valence-corrected chi connectivity index (χ1v) is 5.76. The highest BCUT2D eigenvalue weighted by Crippen LogP contribution is 2.33. The van der Waals surface area contributed by atoms with Crippen molar-refractivity contribution in [2.24, 2.45) is 11.7 Å². The van der Waals surface area contributed by atoms with Crippen molar-refractivity contribution in [1.29, 1.82) is 0 Å². The molecule has 1 heterocycles. The average molecular weight is 226 g/mol. The van der Waals surface area contributed by atoms with Crippen LogP contribution in [0.3, 0.4) is 0 Å². The summed E-state index contributed by atoms with van der Waals surface area (Å²) in [7, 11) is 0. The standard InChI is InChI=1S/C12H16ClNO/c13-11-5-3-9(4-6-11)12-10(8-14)2-1-7-15-12/h3-6,10,12H,1-2,7-8,14H2. The zero-order chi connectivity index (χ0) is 10.7. The molecule has 1 aliphatic heterocycles. The lowest BCUT2D eigenvalue weighted by Gasteiger charge is -2.31. The Morgan fingerprint density at radius 3 is 2.73 bits per heavy atom. The first-order chi connectivity index (χ1) is 7.31. The lowest BCUT2D eigenvalue weighted by molar-refractivity contribution is -0.0251. The van der Waals surface area contributed by atoms with Gasteiger partial charge in [-0.15, -0.1) is 0 Å². The molecule has 0 aliphatic carbocycles. The molecule has 2 nitrogen and oxygen atoms in total. The van der Waals surface area contributed by atoms with E-state index in [4.69, 9.17) is 22.1 Å². The summed E-state index contributed by atoms with van der Waals surface area (Å²) < 4.78 is 5.78. The van der Waals surface area contributed by atoms with Crippen molar-refractivity contribution in [2.45, 2.75) is 18.9 Å². The molecule has 2 N–H and O–H groups in total.